The predicted octanol–water partition coefficient (Wildman–Crippen LogP) is 5.27. The summed E-state index contributed by atoms with van der Waals surface area (Å²) in [5, 5.41) is 6.90. The average molecular weight is 449 g/mol. The monoisotopic (exact) mass is 448 g/mol. The Morgan fingerprint density at radius 2 is 2.18 bits per heavy atom. The summed E-state index contributed by atoms with van der Waals surface area (Å²) in [6, 6.07) is 1.71. The molecule has 1 aromatic heterocycles. The summed E-state index contributed by atoms with van der Waals surface area (Å²) >= 11 is 12.4. The van der Waals surface area contributed by atoms with Gasteiger partial charge in [-0.2, -0.15) is 13.2 Å². The Hall–Kier alpha value is -2.02. The van der Waals surface area contributed by atoms with Crippen LogP contribution in [0.3, 0.4) is 0 Å². The van der Waals surface area contributed by atoms with Gasteiger partial charge < -0.3 is 10.2 Å². The van der Waals surface area contributed by atoms with Crippen LogP contribution in [0.4, 0.5) is 24.8 Å². The third-order valence-corrected chi connectivity index (χ3v) is 6.47. The number of benzene rings is 1. The van der Waals surface area contributed by atoms with E-state index in [1.54, 1.807) is 6.92 Å². The summed E-state index contributed by atoms with van der Waals surface area (Å²) in [5.74, 6) is 0.107. The second kappa shape index (κ2) is 7.10. The van der Waals surface area contributed by atoms with E-state index in [1.807, 2.05) is 0 Å². The van der Waals surface area contributed by atoms with Gasteiger partial charge in [0.1, 0.15) is 10.6 Å². The van der Waals surface area contributed by atoms with Crippen LogP contribution < -0.4 is 5.32 Å². The first kappa shape index (κ1) is 20.7. The minimum atomic E-state index is -4.63. The Labute approximate surface area is 171 Å². The molecule has 11 heteroatoms. The van der Waals surface area contributed by atoms with E-state index in [0.717, 1.165) is 12.1 Å². The normalized spacial score (nSPS) is 19.2. The predicted molar refractivity (Wildman–Crippen MR) is 103 cm³/mol. The number of aromatic nitrogens is 2. The van der Waals surface area contributed by atoms with Gasteiger partial charge in [-0.3, -0.25) is 4.21 Å². The first-order valence-corrected chi connectivity index (χ1v) is 10.1. The molecule has 0 spiro atoms. The molecule has 2 unspecified atom stereocenters. The van der Waals surface area contributed by atoms with E-state index in [4.69, 9.17) is 29.8 Å². The van der Waals surface area contributed by atoms with Crippen LogP contribution in [0.25, 0.3) is 10.5 Å². The zero-order valence-electron chi connectivity index (χ0n) is 14.4. The highest BCUT2D eigenvalue weighted by Gasteiger charge is 2.44. The van der Waals surface area contributed by atoms with Crippen molar-refractivity contribution in [3.05, 3.63) is 52.4 Å². The maximum atomic E-state index is 13.3. The number of hydrogen-bond donors (Lipinski definition) is 1. The standard InChI is InChI=1S/C17H13Cl2F3N4OS/c1-4-16(8-18)10-6-9(17(20,21)22)7-11(19)12(10)26-15(24-16)13(28(27)5-2)14(23-3)25-26/h4,6-7,24H,1,5,8H2,2H3. The highest BCUT2D eigenvalue weighted by Crippen LogP contribution is 2.48. The van der Waals surface area contributed by atoms with Gasteiger partial charge in [0.15, 0.2) is 5.82 Å². The van der Waals surface area contributed by atoms with E-state index in [2.05, 4.69) is 21.8 Å². The molecule has 1 N–H and O–H groups in total. The van der Waals surface area contributed by atoms with Gasteiger partial charge in [0.05, 0.1) is 22.0 Å². The molecular formula is C17H13Cl2F3N4OS. The van der Waals surface area contributed by atoms with Crippen molar-refractivity contribution >= 4 is 45.6 Å². The molecule has 0 bridgehead atoms. The van der Waals surface area contributed by atoms with Crippen LogP contribution in [0.5, 0.6) is 0 Å². The summed E-state index contributed by atoms with van der Waals surface area (Å²) in [7, 11) is -1.56. The summed E-state index contributed by atoms with van der Waals surface area (Å²) in [6.45, 7) is 12.7. The van der Waals surface area contributed by atoms with E-state index in [9.17, 15) is 17.4 Å². The van der Waals surface area contributed by atoms with E-state index in [-0.39, 0.29) is 44.4 Å². The molecule has 1 aliphatic heterocycles. The van der Waals surface area contributed by atoms with E-state index in [1.165, 1.54) is 10.8 Å². The van der Waals surface area contributed by atoms with Crippen LogP contribution in [0.1, 0.15) is 18.1 Å². The average Bonchev–Trinajstić information content (AvgIpc) is 3.03. The molecule has 3 rings (SSSR count). The maximum Gasteiger partial charge on any atom is 0.416 e. The third kappa shape index (κ3) is 3.00. The Balaban J connectivity index is 2.44. The number of nitrogens with zero attached hydrogens (tertiary/aromatic N) is 3. The topological polar surface area (TPSA) is 51.3 Å². The van der Waals surface area contributed by atoms with Gasteiger partial charge in [0.2, 0.25) is 0 Å². The van der Waals surface area contributed by atoms with Gasteiger partial charge in [0, 0.05) is 22.1 Å². The first-order chi connectivity index (χ1) is 13.1. The lowest BCUT2D eigenvalue weighted by Crippen LogP contribution is -2.41. The lowest BCUT2D eigenvalue weighted by Gasteiger charge is -2.37. The quantitative estimate of drug-likeness (QED) is 0.393. The van der Waals surface area contributed by atoms with Crippen LogP contribution in [0, 0.1) is 6.57 Å². The van der Waals surface area contributed by atoms with Crippen molar-refractivity contribution in [3.8, 4) is 5.69 Å². The van der Waals surface area contributed by atoms with Gasteiger partial charge in [-0.1, -0.05) is 31.2 Å². The van der Waals surface area contributed by atoms with E-state index in [0.29, 0.717) is 0 Å². The largest absolute Gasteiger partial charge is 0.416 e. The second-order valence-electron chi connectivity index (χ2n) is 5.95. The van der Waals surface area contributed by atoms with E-state index >= 15 is 0 Å². The molecule has 2 atom stereocenters. The van der Waals surface area contributed by atoms with Crippen LogP contribution in [0.15, 0.2) is 29.7 Å². The zero-order valence-corrected chi connectivity index (χ0v) is 16.7. The van der Waals surface area contributed by atoms with Gasteiger partial charge in [-0.25, -0.2) is 0 Å². The summed E-state index contributed by atoms with van der Waals surface area (Å²) < 4.78 is 53.7. The van der Waals surface area contributed by atoms with Crippen LogP contribution in [-0.2, 0) is 22.5 Å². The molecule has 2 heterocycles. The first-order valence-electron chi connectivity index (χ1n) is 7.91. The van der Waals surface area contributed by atoms with Crippen LogP contribution >= 0.6 is 23.2 Å². The number of halogens is 5. The van der Waals surface area contributed by atoms with Gasteiger partial charge >= 0.3 is 12.0 Å². The number of hydrogen-bond acceptors (Lipinski definition) is 3. The Kier molecular flexibility index (Phi) is 5.25. The molecule has 0 saturated heterocycles. The fourth-order valence-electron chi connectivity index (χ4n) is 3.01. The number of nitrogens with one attached hydrogen (secondary N) is 1. The highest BCUT2D eigenvalue weighted by atomic mass is 35.5. The van der Waals surface area contributed by atoms with Crippen LogP contribution in [-0.4, -0.2) is 25.6 Å². The molecule has 0 saturated carbocycles. The summed E-state index contributed by atoms with van der Waals surface area (Å²) in [5.41, 5.74) is -2.04. The third-order valence-electron chi connectivity index (χ3n) is 4.40. The summed E-state index contributed by atoms with van der Waals surface area (Å²) in [4.78, 5) is 3.46. The lowest BCUT2D eigenvalue weighted by atomic mass is 9.87. The van der Waals surface area contributed by atoms with Crippen molar-refractivity contribution in [2.45, 2.75) is 23.5 Å². The Morgan fingerprint density at radius 1 is 1.50 bits per heavy atom. The highest BCUT2D eigenvalue weighted by molar-refractivity contribution is 7.85. The van der Waals surface area contributed by atoms with Gasteiger partial charge in [-0.15, -0.1) is 22.9 Å². The van der Waals surface area contributed by atoms with Crippen molar-refractivity contribution in [1.82, 2.24) is 9.78 Å². The minimum Gasteiger partial charge on any atom is -0.358 e. The number of alkyl halides is 4. The maximum absolute atomic E-state index is 13.3. The van der Waals surface area contributed by atoms with Crippen LogP contribution in [0.2, 0.25) is 5.02 Å². The Bertz CT molecular complexity index is 1040. The molecule has 148 valence electrons. The molecule has 0 amide bonds. The molecule has 2 aromatic rings. The molecule has 0 fully saturated rings. The number of anilines is 1. The van der Waals surface area contributed by atoms with Crippen molar-refractivity contribution in [2.75, 3.05) is 16.9 Å². The Morgan fingerprint density at radius 3 is 2.68 bits per heavy atom. The summed E-state index contributed by atoms with van der Waals surface area (Å²) in [6.07, 6.45) is -3.26. The van der Waals surface area contributed by atoms with Gasteiger partial charge in [-0.05, 0) is 17.2 Å². The lowest BCUT2D eigenvalue weighted by molar-refractivity contribution is -0.137. The number of fused-ring (bicyclic) bond motifs is 3. The second-order valence-corrected chi connectivity index (χ2v) is 8.30. The van der Waals surface area contributed by atoms with Gasteiger partial charge in [0.25, 0.3) is 0 Å². The fourth-order valence-corrected chi connectivity index (χ4v) is 4.56. The molecular weight excluding hydrogens is 436 g/mol. The number of rotatable bonds is 4. The SMILES string of the molecule is [C-]#[N+]c1nn2c(c1S(=O)CC)NC(C=C)(CCl)c1cc(C(F)(F)F)cc(Cl)c1-2. The van der Waals surface area contributed by atoms with Crippen molar-refractivity contribution < 1.29 is 17.4 Å². The minimum absolute atomic E-state index is 0.109. The molecule has 1 aliphatic rings. The molecule has 5 nitrogen and oxygen atoms in total. The fraction of sp³-hybridized carbons (Fsp3) is 0.294. The smallest absolute Gasteiger partial charge is 0.358 e. The molecule has 1 aromatic carbocycles. The van der Waals surface area contributed by atoms with Crippen molar-refractivity contribution in [3.63, 3.8) is 0 Å². The van der Waals surface area contributed by atoms with Crippen molar-refractivity contribution in [1.29, 1.82) is 0 Å². The van der Waals surface area contributed by atoms with Crippen molar-refractivity contribution in [2.24, 2.45) is 0 Å². The zero-order chi connectivity index (χ0) is 20.9. The molecule has 28 heavy (non-hydrogen) atoms. The molecule has 0 aliphatic carbocycles. The molecule has 0 radical (unpaired) electrons. The van der Waals surface area contributed by atoms with E-state index < -0.39 is 28.1 Å².